The number of ether oxygens (including phenoxy) is 2. The second-order valence-corrected chi connectivity index (χ2v) is 5.97. The van der Waals surface area contributed by atoms with Crippen molar-refractivity contribution in [2.24, 2.45) is 0 Å². The minimum atomic E-state index is -0.821. The van der Waals surface area contributed by atoms with Crippen LogP contribution in [-0.2, 0) is 16.0 Å². The maximum absolute atomic E-state index is 12.3. The van der Waals surface area contributed by atoms with Crippen LogP contribution in [0.5, 0.6) is 11.5 Å². The minimum absolute atomic E-state index is 0.286. The van der Waals surface area contributed by atoms with Gasteiger partial charge in [0.05, 0.1) is 24.9 Å². The molecule has 0 heterocycles. The molecule has 2 amide bonds. The Bertz CT molecular complexity index is 837. The highest BCUT2D eigenvalue weighted by molar-refractivity contribution is 6.44. The zero-order valence-corrected chi connectivity index (χ0v) is 15.9. The average molecular weight is 377 g/mol. The van der Waals surface area contributed by atoms with Crippen molar-refractivity contribution in [1.82, 2.24) is 0 Å². The molecular weight excluding hydrogens is 356 g/mol. The predicted molar refractivity (Wildman–Crippen MR) is 102 cm³/mol. The number of anilines is 2. The van der Waals surface area contributed by atoms with Gasteiger partial charge in [0.1, 0.15) is 11.5 Å². The molecule has 0 aliphatic rings. The first-order valence-electron chi connectivity index (χ1n) is 8.03. The average Bonchev–Trinajstić information content (AvgIpc) is 2.64. The molecule has 138 valence electrons. The highest BCUT2D eigenvalue weighted by Crippen LogP contribution is 2.35. The van der Waals surface area contributed by atoms with Gasteiger partial charge in [-0.1, -0.05) is 36.7 Å². The summed E-state index contributed by atoms with van der Waals surface area (Å²) < 4.78 is 10.3. The molecule has 26 heavy (non-hydrogen) atoms. The van der Waals surface area contributed by atoms with Crippen molar-refractivity contribution in [2.45, 2.75) is 20.3 Å². The van der Waals surface area contributed by atoms with E-state index in [0.29, 0.717) is 22.2 Å². The van der Waals surface area contributed by atoms with E-state index in [1.54, 1.807) is 0 Å². The van der Waals surface area contributed by atoms with E-state index in [9.17, 15) is 9.59 Å². The number of carbonyl (C=O) groups is 2. The van der Waals surface area contributed by atoms with E-state index in [0.717, 1.165) is 17.5 Å². The molecule has 0 fully saturated rings. The number of amides is 2. The second-order valence-electron chi connectivity index (χ2n) is 5.56. The fourth-order valence-corrected chi connectivity index (χ4v) is 2.74. The van der Waals surface area contributed by atoms with Crippen LogP contribution in [0.25, 0.3) is 0 Å². The Hall–Kier alpha value is -2.73. The summed E-state index contributed by atoms with van der Waals surface area (Å²) in [7, 11) is 2.89. The predicted octanol–water partition coefficient (Wildman–Crippen LogP) is 3.81. The quantitative estimate of drug-likeness (QED) is 0.778. The molecule has 0 aliphatic heterocycles. The monoisotopic (exact) mass is 376 g/mol. The number of carbonyl (C=O) groups excluding carboxylic acids is 2. The SMILES string of the molecule is CCc1cccc(C)c1NC(=O)C(=O)Nc1cc(OC)c(Cl)cc1OC. The summed E-state index contributed by atoms with van der Waals surface area (Å²) in [5.41, 5.74) is 2.78. The highest BCUT2D eigenvalue weighted by Gasteiger charge is 2.19. The van der Waals surface area contributed by atoms with Gasteiger partial charge in [-0.3, -0.25) is 9.59 Å². The Balaban J connectivity index is 2.22. The summed E-state index contributed by atoms with van der Waals surface area (Å²) in [6.45, 7) is 3.86. The van der Waals surface area contributed by atoms with Crippen molar-refractivity contribution >= 4 is 34.8 Å². The molecule has 0 saturated carbocycles. The van der Waals surface area contributed by atoms with Gasteiger partial charge in [0, 0.05) is 17.8 Å². The summed E-state index contributed by atoms with van der Waals surface area (Å²) in [4.78, 5) is 24.7. The summed E-state index contributed by atoms with van der Waals surface area (Å²) >= 11 is 6.04. The van der Waals surface area contributed by atoms with Gasteiger partial charge in [-0.15, -0.1) is 0 Å². The molecule has 0 bridgehead atoms. The Morgan fingerprint density at radius 2 is 1.69 bits per heavy atom. The lowest BCUT2D eigenvalue weighted by Crippen LogP contribution is -2.30. The van der Waals surface area contributed by atoms with Crippen LogP contribution in [0.4, 0.5) is 11.4 Å². The van der Waals surface area contributed by atoms with Gasteiger partial charge in [0.15, 0.2) is 0 Å². The van der Waals surface area contributed by atoms with Crippen molar-refractivity contribution in [3.63, 3.8) is 0 Å². The van der Waals surface area contributed by atoms with Gasteiger partial charge in [0.25, 0.3) is 0 Å². The third-order valence-electron chi connectivity index (χ3n) is 3.91. The Morgan fingerprint density at radius 3 is 2.31 bits per heavy atom. The van der Waals surface area contributed by atoms with Crippen LogP contribution >= 0.6 is 11.6 Å². The lowest BCUT2D eigenvalue weighted by molar-refractivity contribution is -0.133. The molecular formula is C19H21ClN2O4. The molecule has 0 spiro atoms. The molecule has 7 heteroatoms. The zero-order valence-electron chi connectivity index (χ0n) is 15.1. The number of para-hydroxylation sites is 1. The van der Waals surface area contributed by atoms with Gasteiger partial charge >= 0.3 is 11.8 Å². The number of benzene rings is 2. The molecule has 6 nitrogen and oxygen atoms in total. The van der Waals surface area contributed by atoms with Crippen LogP contribution in [0.15, 0.2) is 30.3 Å². The number of aryl methyl sites for hydroxylation is 2. The van der Waals surface area contributed by atoms with Gasteiger partial charge in [0.2, 0.25) is 0 Å². The van der Waals surface area contributed by atoms with E-state index in [1.807, 2.05) is 32.0 Å². The maximum Gasteiger partial charge on any atom is 0.314 e. The lowest BCUT2D eigenvalue weighted by atomic mass is 10.1. The zero-order chi connectivity index (χ0) is 19.3. The first-order valence-corrected chi connectivity index (χ1v) is 8.41. The van der Waals surface area contributed by atoms with E-state index in [-0.39, 0.29) is 5.69 Å². The third kappa shape index (κ3) is 4.26. The van der Waals surface area contributed by atoms with Crippen molar-refractivity contribution < 1.29 is 19.1 Å². The van der Waals surface area contributed by atoms with Crippen LogP contribution < -0.4 is 20.1 Å². The van der Waals surface area contributed by atoms with E-state index in [2.05, 4.69) is 10.6 Å². The number of hydrogen-bond donors (Lipinski definition) is 2. The van der Waals surface area contributed by atoms with Gasteiger partial charge in [-0.2, -0.15) is 0 Å². The molecule has 2 aromatic carbocycles. The van der Waals surface area contributed by atoms with Crippen molar-refractivity contribution in [3.05, 3.63) is 46.5 Å². The largest absolute Gasteiger partial charge is 0.495 e. The van der Waals surface area contributed by atoms with Gasteiger partial charge < -0.3 is 20.1 Å². The Labute approximate surface area is 157 Å². The lowest BCUT2D eigenvalue weighted by Gasteiger charge is -2.15. The number of rotatable bonds is 5. The van der Waals surface area contributed by atoms with Gasteiger partial charge in [-0.25, -0.2) is 0 Å². The summed E-state index contributed by atoms with van der Waals surface area (Å²) in [5, 5.41) is 5.54. The number of hydrogen-bond acceptors (Lipinski definition) is 4. The van der Waals surface area contributed by atoms with Crippen molar-refractivity contribution in [3.8, 4) is 11.5 Å². The molecule has 2 rings (SSSR count). The smallest absolute Gasteiger partial charge is 0.314 e. The topological polar surface area (TPSA) is 76.7 Å². The van der Waals surface area contributed by atoms with Gasteiger partial charge in [-0.05, 0) is 24.5 Å². The molecule has 2 N–H and O–H groups in total. The standard InChI is InChI=1S/C19H21ClN2O4/c1-5-12-8-6-7-11(2)17(12)22-19(24)18(23)21-14-10-15(25-3)13(20)9-16(14)26-4/h6-10H,5H2,1-4H3,(H,21,23)(H,22,24). The van der Waals surface area contributed by atoms with Crippen LogP contribution in [0.1, 0.15) is 18.1 Å². The van der Waals surface area contributed by atoms with Crippen LogP contribution in [0.3, 0.4) is 0 Å². The highest BCUT2D eigenvalue weighted by atomic mass is 35.5. The van der Waals surface area contributed by atoms with Crippen LogP contribution in [0, 0.1) is 6.92 Å². The first kappa shape index (κ1) is 19.6. The molecule has 0 aliphatic carbocycles. The summed E-state index contributed by atoms with van der Waals surface area (Å²) in [6, 6.07) is 8.70. The minimum Gasteiger partial charge on any atom is -0.495 e. The van der Waals surface area contributed by atoms with Crippen molar-refractivity contribution in [1.29, 1.82) is 0 Å². The van der Waals surface area contributed by atoms with Crippen LogP contribution in [0.2, 0.25) is 5.02 Å². The number of nitrogens with one attached hydrogen (secondary N) is 2. The fourth-order valence-electron chi connectivity index (χ4n) is 2.51. The second kappa shape index (κ2) is 8.58. The van der Waals surface area contributed by atoms with Crippen LogP contribution in [-0.4, -0.2) is 26.0 Å². The Kier molecular flexibility index (Phi) is 6.46. The van der Waals surface area contributed by atoms with E-state index in [1.165, 1.54) is 26.4 Å². The normalized spacial score (nSPS) is 10.2. The fraction of sp³-hybridized carbons (Fsp3) is 0.263. The van der Waals surface area contributed by atoms with E-state index >= 15 is 0 Å². The molecule has 0 atom stereocenters. The maximum atomic E-state index is 12.3. The third-order valence-corrected chi connectivity index (χ3v) is 4.20. The number of halogens is 1. The van der Waals surface area contributed by atoms with E-state index in [4.69, 9.17) is 21.1 Å². The molecule has 0 aromatic heterocycles. The molecule has 2 aromatic rings. The molecule has 0 unspecified atom stereocenters. The molecule has 0 radical (unpaired) electrons. The summed E-state index contributed by atoms with van der Waals surface area (Å²) in [6.07, 6.45) is 0.737. The first-order chi connectivity index (χ1) is 12.4. The van der Waals surface area contributed by atoms with Crippen molar-refractivity contribution in [2.75, 3.05) is 24.9 Å². The number of methoxy groups -OCH3 is 2. The summed E-state index contributed by atoms with van der Waals surface area (Å²) in [5.74, 6) is -0.916. The van der Waals surface area contributed by atoms with E-state index < -0.39 is 11.8 Å². The molecule has 0 saturated heterocycles. The Morgan fingerprint density at radius 1 is 1.04 bits per heavy atom.